The fraction of sp³-hybridized carbons (Fsp3) is 0.444. The zero-order valence-corrected chi connectivity index (χ0v) is 14.2. The number of fused-ring (bicyclic) bond motifs is 1. The van der Waals surface area contributed by atoms with Gasteiger partial charge < -0.3 is 9.64 Å². The Kier molecular flexibility index (Phi) is 5.11. The highest BCUT2D eigenvalue weighted by atomic mass is 16.5. The van der Waals surface area contributed by atoms with Crippen LogP contribution in [-0.4, -0.2) is 46.3 Å². The van der Waals surface area contributed by atoms with Gasteiger partial charge in [0.1, 0.15) is 6.04 Å². The lowest BCUT2D eigenvalue weighted by Gasteiger charge is -2.33. The molecule has 0 bridgehead atoms. The lowest BCUT2D eigenvalue weighted by atomic mass is 10.0. The average Bonchev–Trinajstić information content (AvgIpc) is 2.67. The molecule has 7 nitrogen and oxygen atoms in total. The fourth-order valence-corrected chi connectivity index (χ4v) is 3.30. The predicted octanol–water partition coefficient (Wildman–Crippen LogP) is 1.34. The number of hydrogen-bond donors (Lipinski definition) is 0. The summed E-state index contributed by atoms with van der Waals surface area (Å²) in [4.78, 5) is 38.0. The number of para-hydroxylation sites is 1. The molecule has 1 fully saturated rings. The van der Waals surface area contributed by atoms with Gasteiger partial charge >= 0.3 is 5.97 Å². The normalized spacial score (nSPS) is 17.5. The number of likely N-dealkylation sites (tertiary alicyclic amines) is 1. The first-order chi connectivity index (χ1) is 12.1. The van der Waals surface area contributed by atoms with Crippen molar-refractivity contribution in [3.05, 3.63) is 40.7 Å². The van der Waals surface area contributed by atoms with Gasteiger partial charge in [-0.05, 0) is 31.4 Å². The standard InChI is InChI=1S/C18H21N3O4/c1-25-18(24)15-8-4-5-10-20(15)17(23)9-11-21-14-7-3-2-6-13(14)16(22)12-19-21/h2-3,6-7,12,15H,4-5,8-11H2,1H3. The molecule has 1 aliphatic rings. The van der Waals surface area contributed by atoms with Crippen molar-refractivity contribution in [1.29, 1.82) is 0 Å². The van der Waals surface area contributed by atoms with Crippen molar-refractivity contribution >= 4 is 22.8 Å². The maximum absolute atomic E-state index is 12.6. The molecule has 0 aliphatic carbocycles. The third kappa shape index (κ3) is 3.55. The molecule has 1 unspecified atom stereocenters. The summed E-state index contributed by atoms with van der Waals surface area (Å²) in [6, 6.07) is 6.69. The van der Waals surface area contributed by atoms with E-state index in [0.29, 0.717) is 30.4 Å². The first-order valence-corrected chi connectivity index (χ1v) is 8.44. The van der Waals surface area contributed by atoms with Crippen molar-refractivity contribution in [3.8, 4) is 0 Å². The fourth-order valence-electron chi connectivity index (χ4n) is 3.30. The minimum absolute atomic E-state index is 0.0975. The number of amides is 1. The highest BCUT2D eigenvalue weighted by Gasteiger charge is 2.32. The van der Waals surface area contributed by atoms with Crippen LogP contribution in [0.2, 0.25) is 0 Å². The molecule has 1 amide bonds. The van der Waals surface area contributed by atoms with Crippen molar-refractivity contribution in [2.24, 2.45) is 0 Å². The van der Waals surface area contributed by atoms with Crippen LogP contribution in [0.3, 0.4) is 0 Å². The predicted molar refractivity (Wildman–Crippen MR) is 92.0 cm³/mol. The molecular formula is C18H21N3O4. The summed E-state index contributed by atoms with van der Waals surface area (Å²) in [6.45, 7) is 0.918. The number of aromatic nitrogens is 2. The molecule has 25 heavy (non-hydrogen) atoms. The van der Waals surface area contributed by atoms with Crippen LogP contribution in [-0.2, 0) is 20.9 Å². The van der Waals surface area contributed by atoms with Crippen LogP contribution < -0.4 is 5.43 Å². The molecule has 1 aliphatic heterocycles. The van der Waals surface area contributed by atoms with Crippen molar-refractivity contribution < 1.29 is 14.3 Å². The Hall–Kier alpha value is -2.70. The highest BCUT2D eigenvalue weighted by Crippen LogP contribution is 2.19. The lowest BCUT2D eigenvalue weighted by Crippen LogP contribution is -2.48. The number of benzene rings is 1. The van der Waals surface area contributed by atoms with E-state index in [1.54, 1.807) is 21.7 Å². The van der Waals surface area contributed by atoms with Crippen LogP contribution in [0.1, 0.15) is 25.7 Å². The summed E-state index contributed by atoms with van der Waals surface area (Å²) in [7, 11) is 1.34. The van der Waals surface area contributed by atoms with Gasteiger partial charge in [-0.15, -0.1) is 0 Å². The lowest BCUT2D eigenvalue weighted by molar-refractivity contribution is -0.154. The first-order valence-electron chi connectivity index (χ1n) is 8.44. The number of carbonyl (C=O) groups is 2. The topological polar surface area (TPSA) is 81.5 Å². The van der Waals surface area contributed by atoms with E-state index >= 15 is 0 Å². The number of methoxy groups -OCH3 is 1. The number of piperidine rings is 1. The SMILES string of the molecule is COC(=O)C1CCCCN1C(=O)CCn1ncc(=O)c2ccccc21. The van der Waals surface area contributed by atoms with Crippen molar-refractivity contribution in [1.82, 2.24) is 14.7 Å². The monoisotopic (exact) mass is 343 g/mol. The third-order valence-corrected chi connectivity index (χ3v) is 4.60. The van der Waals surface area contributed by atoms with E-state index in [1.807, 2.05) is 12.1 Å². The zero-order valence-electron chi connectivity index (χ0n) is 14.2. The Balaban J connectivity index is 1.75. The highest BCUT2D eigenvalue weighted by molar-refractivity contribution is 5.85. The molecule has 1 atom stereocenters. The van der Waals surface area contributed by atoms with Crippen LogP contribution in [0, 0.1) is 0 Å². The molecule has 7 heteroatoms. The number of nitrogens with zero attached hydrogens (tertiary/aromatic N) is 3. The van der Waals surface area contributed by atoms with Crippen LogP contribution in [0.25, 0.3) is 10.9 Å². The molecule has 0 saturated carbocycles. The number of ether oxygens (including phenoxy) is 1. The van der Waals surface area contributed by atoms with E-state index in [2.05, 4.69) is 5.10 Å². The largest absolute Gasteiger partial charge is 0.467 e. The number of carbonyl (C=O) groups excluding carboxylic acids is 2. The van der Waals surface area contributed by atoms with Crippen molar-refractivity contribution in [3.63, 3.8) is 0 Å². The quantitative estimate of drug-likeness (QED) is 0.783. The Morgan fingerprint density at radius 1 is 1.28 bits per heavy atom. The smallest absolute Gasteiger partial charge is 0.328 e. The van der Waals surface area contributed by atoms with Crippen LogP contribution in [0.15, 0.2) is 35.3 Å². The van der Waals surface area contributed by atoms with Crippen molar-refractivity contribution in [2.75, 3.05) is 13.7 Å². The van der Waals surface area contributed by atoms with Crippen LogP contribution in [0.5, 0.6) is 0 Å². The van der Waals surface area contributed by atoms with Gasteiger partial charge in [-0.2, -0.15) is 5.10 Å². The molecule has 0 N–H and O–H groups in total. The van der Waals surface area contributed by atoms with E-state index in [1.165, 1.54) is 13.3 Å². The maximum Gasteiger partial charge on any atom is 0.328 e. The Morgan fingerprint density at radius 3 is 2.88 bits per heavy atom. The second kappa shape index (κ2) is 7.46. The Bertz CT molecular complexity index is 846. The third-order valence-electron chi connectivity index (χ3n) is 4.60. The second-order valence-corrected chi connectivity index (χ2v) is 6.12. The van der Waals surface area contributed by atoms with E-state index < -0.39 is 6.04 Å². The number of esters is 1. The minimum Gasteiger partial charge on any atom is -0.467 e. The zero-order chi connectivity index (χ0) is 17.8. The van der Waals surface area contributed by atoms with Crippen LogP contribution in [0.4, 0.5) is 0 Å². The molecule has 1 aromatic carbocycles. The molecule has 3 rings (SSSR count). The van der Waals surface area contributed by atoms with E-state index in [9.17, 15) is 14.4 Å². The van der Waals surface area contributed by atoms with Gasteiger partial charge in [0, 0.05) is 18.4 Å². The average molecular weight is 343 g/mol. The van der Waals surface area contributed by atoms with Crippen molar-refractivity contribution in [2.45, 2.75) is 38.3 Å². The van der Waals surface area contributed by atoms with Gasteiger partial charge in [0.2, 0.25) is 11.3 Å². The van der Waals surface area contributed by atoms with Gasteiger partial charge in [0.25, 0.3) is 0 Å². The molecule has 0 radical (unpaired) electrons. The Morgan fingerprint density at radius 2 is 2.08 bits per heavy atom. The number of hydrogen-bond acceptors (Lipinski definition) is 5. The molecule has 0 spiro atoms. The maximum atomic E-state index is 12.6. The molecule has 2 aromatic rings. The summed E-state index contributed by atoms with van der Waals surface area (Å²) < 4.78 is 6.48. The summed E-state index contributed by atoms with van der Waals surface area (Å²) in [5.74, 6) is -0.459. The second-order valence-electron chi connectivity index (χ2n) is 6.12. The molecule has 1 saturated heterocycles. The van der Waals surface area contributed by atoms with Gasteiger partial charge in [-0.25, -0.2) is 4.79 Å². The molecule has 1 aromatic heterocycles. The molecule has 132 valence electrons. The van der Waals surface area contributed by atoms with E-state index in [0.717, 1.165) is 12.8 Å². The summed E-state index contributed by atoms with van der Waals surface area (Å²) >= 11 is 0. The molecular weight excluding hydrogens is 322 g/mol. The van der Waals surface area contributed by atoms with Gasteiger partial charge in [0.05, 0.1) is 25.4 Å². The minimum atomic E-state index is -0.495. The summed E-state index contributed by atoms with van der Waals surface area (Å²) in [5.41, 5.74) is 0.561. The van der Waals surface area contributed by atoms with Gasteiger partial charge in [-0.1, -0.05) is 12.1 Å². The van der Waals surface area contributed by atoms with Gasteiger partial charge in [-0.3, -0.25) is 14.3 Å². The summed E-state index contributed by atoms with van der Waals surface area (Å²) in [5, 5.41) is 4.71. The number of rotatable bonds is 4. The summed E-state index contributed by atoms with van der Waals surface area (Å²) in [6.07, 6.45) is 3.92. The Labute approximate surface area is 145 Å². The van der Waals surface area contributed by atoms with Gasteiger partial charge in [0.15, 0.2) is 0 Å². The van der Waals surface area contributed by atoms with Crippen LogP contribution >= 0.6 is 0 Å². The first kappa shape index (κ1) is 17.1. The van der Waals surface area contributed by atoms with E-state index in [-0.39, 0.29) is 23.7 Å². The van der Waals surface area contributed by atoms with E-state index in [4.69, 9.17) is 4.74 Å². The number of aryl methyl sites for hydroxylation is 1. The molecule has 2 heterocycles.